The summed E-state index contributed by atoms with van der Waals surface area (Å²) in [5.41, 5.74) is 3.76. The molecular weight excluding hydrogens is 406 g/mol. The molecule has 2 aliphatic heterocycles. The molecule has 2 unspecified atom stereocenters. The van der Waals surface area contributed by atoms with Gasteiger partial charge in [-0.3, -0.25) is 14.6 Å². The SMILES string of the molecule is Cc1ccc(C(C2Sc3nc(C)nn3C2=O)N2CCN(Cc3ccccc3)CC2)cc1. The smallest absolute Gasteiger partial charge is 0.264 e. The number of hydrogen-bond donors (Lipinski definition) is 0. The van der Waals surface area contributed by atoms with Crippen molar-refractivity contribution in [3.63, 3.8) is 0 Å². The number of thioether (sulfide) groups is 1. The number of nitrogens with zero attached hydrogens (tertiary/aromatic N) is 5. The maximum Gasteiger partial charge on any atom is 0.264 e. The Balaban J connectivity index is 1.35. The van der Waals surface area contributed by atoms with Crippen molar-refractivity contribution in [1.29, 1.82) is 0 Å². The molecule has 2 atom stereocenters. The summed E-state index contributed by atoms with van der Waals surface area (Å²) in [5, 5.41) is 4.82. The van der Waals surface area contributed by atoms with Gasteiger partial charge in [0.2, 0.25) is 0 Å². The highest BCUT2D eigenvalue weighted by Crippen LogP contribution is 2.41. The molecule has 0 saturated carbocycles. The monoisotopic (exact) mass is 433 g/mol. The van der Waals surface area contributed by atoms with Crippen LogP contribution in [-0.4, -0.2) is 61.9 Å². The number of rotatable bonds is 5. The number of benzene rings is 2. The number of carbonyl (C=O) groups is 1. The lowest BCUT2D eigenvalue weighted by Gasteiger charge is -2.41. The number of aromatic nitrogens is 3. The average Bonchev–Trinajstić information content (AvgIpc) is 3.29. The van der Waals surface area contributed by atoms with Crippen LogP contribution in [0, 0.1) is 13.8 Å². The highest BCUT2D eigenvalue weighted by molar-refractivity contribution is 8.00. The van der Waals surface area contributed by atoms with Gasteiger partial charge in [0.05, 0.1) is 6.04 Å². The maximum atomic E-state index is 13.2. The first-order chi connectivity index (χ1) is 15.1. The first kappa shape index (κ1) is 20.4. The molecule has 3 aromatic rings. The second-order valence-corrected chi connectivity index (χ2v) is 9.49. The summed E-state index contributed by atoms with van der Waals surface area (Å²) < 4.78 is 1.50. The minimum Gasteiger partial charge on any atom is -0.297 e. The number of hydrogen-bond acceptors (Lipinski definition) is 6. The van der Waals surface area contributed by atoms with Gasteiger partial charge in [-0.2, -0.15) is 4.68 Å². The van der Waals surface area contributed by atoms with Crippen LogP contribution in [0.15, 0.2) is 59.8 Å². The summed E-state index contributed by atoms with van der Waals surface area (Å²) in [7, 11) is 0. The molecule has 3 heterocycles. The van der Waals surface area contributed by atoms with E-state index >= 15 is 0 Å². The van der Waals surface area contributed by atoms with Crippen molar-refractivity contribution in [2.75, 3.05) is 26.2 Å². The third-order valence-electron chi connectivity index (χ3n) is 6.12. The summed E-state index contributed by atoms with van der Waals surface area (Å²) in [6.07, 6.45) is 0. The Hall–Kier alpha value is -2.48. The van der Waals surface area contributed by atoms with Crippen LogP contribution in [0.1, 0.15) is 33.4 Å². The second kappa shape index (κ2) is 8.57. The van der Waals surface area contributed by atoms with E-state index < -0.39 is 0 Å². The number of aryl methyl sites for hydroxylation is 2. The van der Waals surface area contributed by atoms with E-state index in [9.17, 15) is 4.79 Å². The fraction of sp³-hybridized carbons (Fsp3) is 0.375. The molecule has 31 heavy (non-hydrogen) atoms. The summed E-state index contributed by atoms with van der Waals surface area (Å²) in [4.78, 5) is 22.7. The standard InChI is InChI=1S/C24H27N5OS/c1-17-8-10-20(11-9-17)21(22-23(30)29-24(31-22)25-18(2)26-29)28-14-12-27(13-15-28)16-19-6-4-3-5-7-19/h3-11,21-22H,12-16H2,1-2H3. The summed E-state index contributed by atoms with van der Waals surface area (Å²) in [6, 6.07) is 19.3. The Labute approximate surface area is 187 Å². The molecular formula is C24H27N5OS. The summed E-state index contributed by atoms with van der Waals surface area (Å²) >= 11 is 1.55. The molecule has 2 aromatic carbocycles. The fourth-order valence-electron chi connectivity index (χ4n) is 4.48. The van der Waals surface area contributed by atoms with Crippen LogP contribution in [0.3, 0.4) is 0 Å². The van der Waals surface area contributed by atoms with Crippen molar-refractivity contribution in [2.45, 2.75) is 36.8 Å². The Morgan fingerprint density at radius 2 is 1.71 bits per heavy atom. The average molecular weight is 434 g/mol. The molecule has 5 rings (SSSR count). The van der Waals surface area contributed by atoms with Crippen LogP contribution in [-0.2, 0) is 6.54 Å². The highest BCUT2D eigenvalue weighted by atomic mass is 32.2. The molecule has 1 fully saturated rings. The van der Waals surface area contributed by atoms with E-state index in [1.807, 2.05) is 6.92 Å². The van der Waals surface area contributed by atoms with Crippen molar-refractivity contribution in [3.05, 3.63) is 77.1 Å². The van der Waals surface area contributed by atoms with Crippen molar-refractivity contribution in [3.8, 4) is 0 Å². The molecule has 2 aliphatic rings. The zero-order chi connectivity index (χ0) is 21.4. The Morgan fingerprint density at radius 3 is 2.39 bits per heavy atom. The van der Waals surface area contributed by atoms with Crippen LogP contribution in [0.5, 0.6) is 0 Å². The Morgan fingerprint density at radius 1 is 1.00 bits per heavy atom. The first-order valence-corrected chi connectivity index (χ1v) is 11.7. The van der Waals surface area contributed by atoms with Gasteiger partial charge in [-0.25, -0.2) is 4.98 Å². The number of fused-ring (bicyclic) bond motifs is 1. The highest BCUT2D eigenvalue weighted by Gasteiger charge is 2.43. The number of carbonyl (C=O) groups excluding carboxylic acids is 1. The van der Waals surface area contributed by atoms with Gasteiger partial charge in [-0.15, -0.1) is 5.10 Å². The van der Waals surface area contributed by atoms with Gasteiger partial charge in [0, 0.05) is 32.7 Å². The van der Waals surface area contributed by atoms with Gasteiger partial charge in [-0.1, -0.05) is 71.9 Å². The normalized spacial score (nSPS) is 20.7. The second-order valence-electron chi connectivity index (χ2n) is 8.38. The fourth-order valence-corrected chi connectivity index (χ4v) is 5.78. The Kier molecular flexibility index (Phi) is 5.65. The summed E-state index contributed by atoms with van der Waals surface area (Å²) in [5.74, 6) is 0.689. The van der Waals surface area contributed by atoms with Gasteiger partial charge < -0.3 is 0 Å². The van der Waals surface area contributed by atoms with E-state index in [1.54, 1.807) is 11.8 Å². The summed E-state index contributed by atoms with van der Waals surface area (Å²) in [6.45, 7) is 8.75. The minimum absolute atomic E-state index is 0.0146. The third kappa shape index (κ3) is 4.18. The molecule has 0 spiro atoms. The number of piperazine rings is 1. The van der Waals surface area contributed by atoms with Gasteiger partial charge in [0.15, 0.2) is 5.16 Å². The van der Waals surface area contributed by atoms with E-state index in [4.69, 9.17) is 0 Å². The quantitative estimate of drug-likeness (QED) is 0.613. The zero-order valence-corrected chi connectivity index (χ0v) is 18.8. The van der Waals surface area contributed by atoms with E-state index in [0.29, 0.717) is 11.0 Å². The van der Waals surface area contributed by atoms with Crippen molar-refractivity contribution >= 4 is 17.7 Å². The topological polar surface area (TPSA) is 54.3 Å². The lowest BCUT2D eigenvalue weighted by molar-refractivity contribution is 0.0715. The molecule has 0 aliphatic carbocycles. The lowest BCUT2D eigenvalue weighted by atomic mass is 9.99. The van der Waals surface area contributed by atoms with Gasteiger partial charge in [-0.05, 0) is 25.0 Å². The predicted octanol–water partition coefficient (Wildman–Crippen LogP) is 3.57. The van der Waals surface area contributed by atoms with Gasteiger partial charge in [0.1, 0.15) is 11.1 Å². The van der Waals surface area contributed by atoms with Crippen LogP contribution >= 0.6 is 11.8 Å². The third-order valence-corrected chi connectivity index (χ3v) is 7.31. The molecule has 6 nitrogen and oxygen atoms in total. The Bertz CT molecular complexity index is 1060. The van der Waals surface area contributed by atoms with E-state index in [0.717, 1.165) is 32.7 Å². The minimum atomic E-state index is -0.223. The zero-order valence-electron chi connectivity index (χ0n) is 17.9. The van der Waals surface area contributed by atoms with Crippen molar-refractivity contribution in [2.24, 2.45) is 0 Å². The van der Waals surface area contributed by atoms with Crippen LogP contribution in [0.2, 0.25) is 0 Å². The largest absolute Gasteiger partial charge is 0.297 e. The van der Waals surface area contributed by atoms with Crippen LogP contribution in [0.25, 0.3) is 0 Å². The van der Waals surface area contributed by atoms with Gasteiger partial charge >= 0.3 is 0 Å². The van der Waals surface area contributed by atoms with E-state index in [2.05, 4.69) is 81.4 Å². The van der Waals surface area contributed by atoms with E-state index in [1.165, 1.54) is 21.4 Å². The van der Waals surface area contributed by atoms with Gasteiger partial charge in [0.25, 0.3) is 5.91 Å². The molecule has 7 heteroatoms. The predicted molar refractivity (Wildman–Crippen MR) is 122 cm³/mol. The maximum absolute atomic E-state index is 13.2. The molecule has 160 valence electrons. The first-order valence-electron chi connectivity index (χ1n) is 10.8. The molecule has 1 saturated heterocycles. The van der Waals surface area contributed by atoms with Crippen LogP contribution < -0.4 is 0 Å². The van der Waals surface area contributed by atoms with Crippen molar-refractivity contribution in [1.82, 2.24) is 24.6 Å². The molecule has 1 aromatic heterocycles. The molecule has 0 bridgehead atoms. The molecule has 0 radical (unpaired) electrons. The lowest BCUT2D eigenvalue weighted by Crippen LogP contribution is -2.50. The van der Waals surface area contributed by atoms with Crippen molar-refractivity contribution < 1.29 is 4.79 Å². The molecule has 0 N–H and O–H groups in total. The van der Waals surface area contributed by atoms with E-state index in [-0.39, 0.29) is 17.2 Å². The van der Waals surface area contributed by atoms with Crippen LogP contribution in [0.4, 0.5) is 0 Å². The molecule has 0 amide bonds.